The zero-order valence-electron chi connectivity index (χ0n) is 11.9. The number of anilines is 1. The van der Waals surface area contributed by atoms with Crippen molar-refractivity contribution in [2.75, 3.05) is 18.2 Å². The van der Waals surface area contributed by atoms with Crippen LogP contribution in [0.25, 0.3) is 0 Å². The van der Waals surface area contributed by atoms with Crippen LogP contribution < -0.4 is 10.1 Å². The van der Waals surface area contributed by atoms with Gasteiger partial charge in [-0.1, -0.05) is 23.7 Å². The Morgan fingerprint density at radius 1 is 1.29 bits per heavy atom. The highest BCUT2D eigenvalue weighted by Crippen LogP contribution is 2.24. The van der Waals surface area contributed by atoms with Gasteiger partial charge < -0.3 is 10.1 Å². The maximum absolute atomic E-state index is 11.9. The minimum absolute atomic E-state index is 0.0379. The first kappa shape index (κ1) is 15.7. The van der Waals surface area contributed by atoms with Gasteiger partial charge in [-0.25, -0.2) is 0 Å². The number of halogens is 1. The summed E-state index contributed by atoms with van der Waals surface area (Å²) in [6, 6.07) is 13.0. The van der Waals surface area contributed by atoms with Crippen LogP contribution in [0.4, 0.5) is 5.69 Å². The topological polar surface area (TPSA) is 38.3 Å². The van der Waals surface area contributed by atoms with Gasteiger partial charge in [0, 0.05) is 9.92 Å². The van der Waals surface area contributed by atoms with Crippen LogP contribution in [0.1, 0.15) is 5.56 Å². The van der Waals surface area contributed by atoms with Crippen LogP contribution >= 0.6 is 23.4 Å². The predicted octanol–water partition coefficient (Wildman–Crippen LogP) is 4.39. The summed E-state index contributed by atoms with van der Waals surface area (Å²) >= 11 is 7.53. The van der Waals surface area contributed by atoms with Crippen molar-refractivity contribution in [3.05, 3.63) is 53.1 Å². The van der Waals surface area contributed by atoms with E-state index in [1.165, 1.54) is 0 Å². The van der Waals surface area contributed by atoms with E-state index in [1.807, 2.05) is 43.5 Å². The summed E-state index contributed by atoms with van der Waals surface area (Å²) in [5.41, 5.74) is 1.72. The lowest BCUT2D eigenvalue weighted by molar-refractivity contribution is -0.118. The average Bonchev–Trinajstić information content (AvgIpc) is 2.49. The highest BCUT2D eigenvalue weighted by molar-refractivity contribution is 7.98. The molecule has 0 atom stereocenters. The summed E-state index contributed by atoms with van der Waals surface area (Å²) in [5.74, 6) is 0.439. The zero-order chi connectivity index (χ0) is 15.2. The van der Waals surface area contributed by atoms with E-state index in [1.54, 1.807) is 23.9 Å². The monoisotopic (exact) mass is 321 g/mol. The lowest BCUT2D eigenvalue weighted by Crippen LogP contribution is -2.20. The average molecular weight is 322 g/mol. The number of rotatable bonds is 5. The second-order valence-corrected chi connectivity index (χ2v) is 5.70. The molecule has 5 heteroatoms. The molecule has 0 heterocycles. The molecule has 0 aliphatic heterocycles. The molecule has 0 spiro atoms. The molecular weight excluding hydrogens is 306 g/mol. The molecule has 0 aliphatic carbocycles. The molecule has 0 saturated heterocycles. The number of carbonyl (C=O) groups excluding carboxylic acids is 1. The molecule has 1 N–H and O–H groups in total. The van der Waals surface area contributed by atoms with E-state index >= 15 is 0 Å². The first-order chi connectivity index (χ1) is 10.1. The molecule has 1 amide bonds. The van der Waals surface area contributed by atoms with Crippen molar-refractivity contribution in [2.45, 2.75) is 11.8 Å². The molecule has 110 valence electrons. The Labute approximate surface area is 133 Å². The highest BCUT2D eigenvalue weighted by Gasteiger charge is 2.07. The molecule has 0 fully saturated rings. The van der Waals surface area contributed by atoms with Gasteiger partial charge in [0.25, 0.3) is 5.91 Å². The smallest absolute Gasteiger partial charge is 0.262 e. The molecular formula is C16H16ClNO2S. The number of amides is 1. The Morgan fingerprint density at radius 2 is 2.05 bits per heavy atom. The summed E-state index contributed by atoms with van der Waals surface area (Å²) in [7, 11) is 0. The molecule has 2 aromatic carbocycles. The first-order valence-electron chi connectivity index (χ1n) is 6.42. The van der Waals surface area contributed by atoms with Crippen LogP contribution in [0.3, 0.4) is 0 Å². The second kappa shape index (κ2) is 7.38. The number of aryl methyl sites for hydroxylation is 1. The predicted molar refractivity (Wildman–Crippen MR) is 88.5 cm³/mol. The number of nitrogens with one attached hydrogen (secondary N) is 1. The van der Waals surface area contributed by atoms with Crippen molar-refractivity contribution in [3.63, 3.8) is 0 Å². The largest absolute Gasteiger partial charge is 0.484 e. The van der Waals surface area contributed by atoms with Crippen LogP contribution in [-0.2, 0) is 4.79 Å². The Morgan fingerprint density at radius 3 is 2.76 bits per heavy atom. The van der Waals surface area contributed by atoms with E-state index in [2.05, 4.69) is 5.32 Å². The SMILES string of the molecule is CSc1ccccc1NC(=O)COc1ccc(Cl)c(C)c1. The molecule has 0 aromatic heterocycles. The van der Waals surface area contributed by atoms with E-state index in [-0.39, 0.29) is 12.5 Å². The van der Waals surface area contributed by atoms with Gasteiger partial charge in [0.15, 0.2) is 6.61 Å². The van der Waals surface area contributed by atoms with E-state index in [9.17, 15) is 4.79 Å². The van der Waals surface area contributed by atoms with Gasteiger partial charge >= 0.3 is 0 Å². The standard InChI is InChI=1S/C16H16ClNO2S/c1-11-9-12(7-8-13(11)17)20-10-16(19)18-14-5-3-4-6-15(14)21-2/h3-9H,10H2,1-2H3,(H,18,19). The van der Waals surface area contributed by atoms with Crippen molar-refractivity contribution >= 4 is 35.0 Å². The summed E-state index contributed by atoms with van der Waals surface area (Å²) in [4.78, 5) is 13.0. The van der Waals surface area contributed by atoms with Crippen LogP contribution in [0.5, 0.6) is 5.75 Å². The third-order valence-electron chi connectivity index (χ3n) is 2.88. The Hall–Kier alpha value is -1.65. The fraction of sp³-hybridized carbons (Fsp3) is 0.188. The van der Waals surface area contributed by atoms with Gasteiger partial charge in [-0.2, -0.15) is 0 Å². The van der Waals surface area contributed by atoms with E-state index < -0.39 is 0 Å². The minimum Gasteiger partial charge on any atom is -0.484 e. The number of hydrogen-bond acceptors (Lipinski definition) is 3. The normalized spacial score (nSPS) is 10.2. The second-order valence-electron chi connectivity index (χ2n) is 4.45. The molecule has 2 aromatic rings. The minimum atomic E-state index is -0.191. The van der Waals surface area contributed by atoms with Gasteiger partial charge in [-0.3, -0.25) is 4.79 Å². The summed E-state index contributed by atoms with van der Waals surface area (Å²) in [6.45, 7) is 1.85. The Balaban J connectivity index is 1.94. The van der Waals surface area contributed by atoms with Gasteiger partial charge in [0.05, 0.1) is 5.69 Å². The number of ether oxygens (including phenoxy) is 1. The molecule has 0 saturated carbocycles. The lowest BCUT2D eigenvalue weighted by Gasteiger charge is -2.10. The van der Waals surface area contributed by atoms with E-state index in [0.29, 0.717) is 10.8 Å². The van der Waals surface area contributed by atoms with Crippen LogP contribution in [0, 0.1) is 6.92 Å². The fourth-order valence-corrected chi connectivity index (χ4v) is 2.46. The Bertz CT molecular complexity index is 646. The first-order valence-corrected chi connectivity index (χ1v) is 8.02. The molecule has 2 rings (SSSR count). The van der Waals surface area contributed by atoms with Gasteiger partial charge in [-0.05, 0) is 49.1 Å². The molecule has 0 radical (unpaired) electrons. The molecule has 0 bridgehead atoms. The van der Waals surface area contributed by atoms with E-state index in [4.69, 9.17) is 16.3 Å². The zero-order valence-corrected chi connectivity index (χ0v) is 13.4. The van der Waals surface area contributed by atoms with E-state index in [0.717, 1.165) is 16.1 Å². The summed E-state index contributed by atoms with van der Waals surface area (Å²) < 4.78 is 5.47. The molecule has 3 nitrogen and oxygen atoms in total. The molecule has 0 unspecified atom stereocenters. The number of thioether (sulfide) groups is 1. The van der Waals surface area contributed by atoms with Crippen molar-refractivity contribution in [3.8, 4) is 5.75 Å². The summed E-state index contributed by atoms with van der Waals surface area (Å²) in [5, 5.41) is 3.53. The van der Waals surface area contributed by atoms with Crippen LogP contribution in [0.15, 0.2) is 47.4 Å². The van der Waals surface area contributed by atoms with Crippen LogP contribution in [-0.4, -0.2) is 18.8 Å². The number of para-hydroxylation sites is 1. The van der Waals surface area contributed by atoms with Crippen molar-refractivity contribution in [2.24, 2.45) is 0 Å². The van der Waals surface area contributed by atoms with Gasteiger partial charge in [0.1, 0.15) is 5.75 Å². The fourth-order valence-electron chi connectivity index (χ4n) is 1.79. The van der Waals surface area contributed by atoms with Crippen molar-refractivity contribution in [1.82, 2.24) is 0 Å². The summed E-state index contributed by atoms with van der Waals surface area (Å²) in [6.07, 6.45) is 1.97. The quantitative estimate of drug-likeness (QED) is 0.830. The molecule has 21 heavy (non-hydrogen) atoms. The van der Waals surface area contributed by atoms with Crippen molar-refractivity contribution in [1.29, 1.82) is 0 Å². The number of benzene rings is 2. The third-order valence-corrected chi connectivity index (χ3v) is 4.10. The maximum Gasteiger partial charge on any atom is 0.262 e. The third kappa shape index (κ3) is 4.41. The van der Waals surface area contributed by atoms with Gasteiger partial charge in [-0.15, -0.1) is 11.8 Å². The highest BCUT2D eigenvalue weighted by atomic mass is 35.5. The maximum atomic E-state index is 11.9. The number of carbonyl (C=O) groups is 1. The van der Waals surface area contributed by atoms with Crippen LogP contribution in [0.2, 0.25) is 5.02 Å². The number of hydrogen-bond donors (Lipinski definition) is 1. The Kier molecular flexibility index (Phi) is 5.53. The van der Waals surface area contributed by atoms with Gasteiger partial charge in [0.2, 0.25) is 0 Å². The lowest BCUT2D eigenvalue weighted by atomic mass is 10.2. The van der Waals surface area contributed by atoms with Crippen molar-refractivity contribution < 1.29 is 9.53 Å². The molecule has 0 aliphatic rings.